The van der Waals surface area contributed by atoms with Crippen LogP contribution in [0, 0.1) is 12.7 Å². The van der Waals surface area contributed by atoms with E-state index in [9.17, 15) is 4.39 Å². The molecule has 0 aromatic heterocycles. The van der Waals surface area contributed by atoms with Gasteiger partial charge in [0.25, 0.3) is 0 Å². The lowest BCUT2D eigenvalue weighted by molar-refractivity contribution is -0.159. The lowest BCUT2D eigenvalue weighted by Crippen LogP contribution is -2.09. The fourth-order valence-electron chi connectivity index (χ4n) is 1.81. The predicted octanol–water partition coefficient (Wildman–Crippen LogP) is 2.91. The number of carbonyl (C=O) groups is 2. The van der Waals surface area contributed by atoms with Gasteiger partial charge in [-0.3, -0.25) is 0 Å². The van der Waals surface area contributed by atoms with Crippen molar-refractivity contribution < 1.29 is 28.9 Å². The predicted molar refractivity (Wildman–Crippen MR) is 86.7 cm³/mol. The van der Waals surface area contributed by atoms with Crippen LogP contribution in [0.3, 0.4) is 0 Å². The molecular formula is C17H18FNO5. The zero-order valence-electron chi connectivity index (χ0n) is 13.2. The zero-order chi connectivity index (χ0) is 18.1. The second-order valence-electron chi connectivity index (χ2n) is 4.77. The third-order valence-electron chi connectivity index (χ3n) is 2.99. The Balaban J connectivity index is 0.000000413. The standard InChI is InChI=1S/C15H16FNO.C2H2O4/c1-11-8-13(16)6-7-15(11)17-10-12-4-3-5-14(9-12)18-2;3-1(4)2(5)6/h3-9,17H,10H2,1-2H3;(H,3,4)(H,5,6). The Kier molecular flexibility index (Phi) is 7.22. The summed E-state index contributed by atoms with van der Waals surface area (Å²) >= 11 is 0. The van der Waals surface area contributed by atoms with E-state index in [-0.39, 0.29) is 5.82 Å². The molecule has 0 saturated carbocycles. The highest BCUT2D eigenvalue weighted by Crippen LogP contribution is 2.18. The maximum atomic E-state index is 13.0. The zero-order valence-corrected chi connectivity index (χ0v) is 13.2. The van der Waals surface area contributed by atoms with Crippen LogP contribution in [-0.4, -0.2) is 29.3 Å². The number of ether oxygens (including phenoxy) is 1. The first kappa shape index (κ1) is 19.0. The molecule has 7 heteroatoms. The van der Waals surface area contributed by atoms with Gasteiger partial charge in [-0.25, -0.2) is 14.0 Å². The van der Waals surface area contributed by atoms with Crippen molar-refractivity contribution in [2.75, 3.05) is 12.4 Å². The van der Waals surface area contributed by atoms with Gasteiger partial charge >= 0.3 is 11.9 Å². The molecule has 0 amide bonds. The van der Waals surface area contributed by atoms with Crippen LogP contribution in [-0.2, 0) is 16.1 Å². The molecule has 24 heavy (non-hydrogen) atoms. The van der Waals surface area contributed by atoms with Crippen molar-refractivity contribution >= 4 is 17.6 Å². The largest absolute Gasteiger partial charge is 0.497 e. The van der Waals surface area contributed by atoms with Gasteiger partial charge in [0.2, 0.25) is 0 Å². The van der Waals surface area contributed by atoms with Gasteiger partial charge in [0.15, 0.2) is 0 Å². The van der Waals surface area contributed by atoms with E-state index in [0.29, 0.717) is 6.54 Å². The first-order valence-electron chi connectivity index (χ1n) is 6.92. The fraction of sp³-hybridized carbons (Fsp3) is 0.176. The van der Waals surface area contributed by atoms with E-state index in [1.165, 1.54) is 12.1 Å². The van der Waals surface area contributed by atoms with E-state index in [4.69, 9.17) is 24.5 Å². The van der Waals surface area contributed by atoms with Crippen molar-refractivity contribution in [3.05, 3.63) is 59.4 Å². The van der Waals surface area contributed by atoms with E-state index < -0.39 is 11.9 Å². The van der Waals surface area contributed by atoms with Crippen LogP contribution < -0.4 is 10.1 Å². The highest BCUT2D eigenvalue weighted by atomic mass is 19.1. The van der Waals surface area contributed by atoms with Crippen molar-refractivity contribution in [2.24, 2.45) is 0 Å². The fourth-order valence-corrected chi connectivity index (χ4v) is 1.81. The number of nitrogens with one attached hydrogen (secondary N) is 1. The molecule has 0 fully saturated rings. The number of carboxylic acid groups (broad SMARTS) is 2. The summed E-state index contributed by atoms with van der Waals surface area (Å²) in [6.07, 6.45) is 0. The molecule has 2 aromatic carbocycles. The number of aryl methyl sites for hydroxylation is 1. The van der Waals surface area contributed by atoms with Crippen LogP contribution in [0.5, 0.6) is 5.75 Å². The Labute approximate surface area is 138 Å². The minimum atomic E-state index is -1.82. The number of anilines is 1. The van der Waals surface area contributed by atoms with Crippen molar-refractivity contribution in [1.29, 1.82) is 0 Å². The summed E-state index contributed by atoms with van der Waals surface area (Å²) in [5.41, 5.74) is 2.97. The summed E-state index contributed by atoms with van der Waals surface area (Å²) < 4.78 is 18.1. The van der Waals surface area contributed by atoms with Crippen molar-refractivity contribution in [3.63, 3.8) is 0 Å². The molecule has 0 bridgehead atoms. The molecule has 2 rings (SSSR count). The highest BCUT2D eigenvalue weighted by molar-refractivity contribution is 6.27. The number of hydrogen-bond donors (Lipinski definition) is 3. The van der Waals surface area contributed by atoms with Crippen LogP contribution in [0.2, 0.25) is 0 Å². The average Bonchev–Trinajstić information content (AvgIpc) is 2.54. The quantitative estimate of drug-likeness (QED) is 0.744. The third-order valence-corrected chi connectivity index (χ3v) is 2.99. The van der Waals surface area contributed by atoms with E-state index in [2.05, 4.69) is 5.32 Å². The molecule has 2 aromatic rings. The lowest BCUT2D eigenvalue weighted by atomic mass is 10.1. The van der Waals surface area contributed by atoms with E-state index >= 15 is 0 Å². The van der Waals surface area contributed by atoms with Gasteiger partial charge in [-0.05, 0) is 48.4 Å². The Morgan fingerprint density at radius 3 is 2.33 bits per heavy atom. The van der Waals surface area contributed by atoms with Crippen molar-refractivity contribution in [1.82, 2.24) is 0 Å². The van der Waals surface area contributed by atoms with E-state index in [1.54, 1.807) is 13.2 Å². The average molecular weight is 335 g/mol. The summed E-state index contributed by atoms with van der Waals surface area (Å²) in [5.74, 6) is -3.02. The number of carboxylic acids is 2. The van der Waals surface area contributed by atoms with Gasteiger partial charge in [0.1, 0.15) is 11.6 Å². The molecule has 6 nitrogen and oxygen atoms in total. The maximum absolute atomic E-state index is 13.0. The molecule has 0 unspecified atom stereocenters. The molecule has 0 atom stereocenters. The normalized spacial score (nSPS) is 9.46. The van der Waals surface area contributed by atoms with E-state index in [0.717, 1.165) is 22.6 Å². The summed E-state index contributed by atoms with van der Waals surface area (Å²) in [4.78, 5) is 18.2. The second-order valence-corrected chi connectivity index (χ2v) is 4.77. The summed E-state index contributed by atoms with van der Waals surface area (Å²) in [7, 11) is 1.65. The van der Waals surface area contributed by atoms with Crippen LogP contribution in [0.1, 0.15) is 11.1 Å². The molecule has 0 aliphatic rings. The van der Waals surface area contributed by atoms with E-state index in [1.807, 2.05) is 31.2 Å². The monoisotopic (exact) mass is 335 g/mol. The van der Waals surface area contributed by atoms with Gasteiger partial charge in [0.05, 0.1) is 7.11 Å². The number of benzene rings is 2. The summed E-state index contributed by atoms with van der Waals surface area (Å²) in [5, 5.41) is 18.1. The van der Waals surface area contributed by atoms with Crippen molar-refractivity contribution in [2.45, 2.75) is 13.5 Å². The SMILES string of the molecule is COc1cccc(CNc2ccc(F)cc2C)c1.O=C(O)C(=O)O. The first-order chi connectivity index (χ1) is 11.3. The van der Waals surface area contributed by atoms with Crippen LogP contribution >= 0.6 is 0 Å². The Morgan fingerprint density at radius 2 is 1.79 bits per heavy atom. The van der Waals surface area contributed by atoms with Crippen LogP contribution in [0.15, 0.2) is 42.5 Å². The van der Waals surface area contributed by atoms with Gasteiger partial charge in [-0.15, -0.1) is 0 Å². The van der Waals surface area contributed by atoms with Gasteiger partial charge in [-0.1, -0.05) is 12.1 Å². The summed E-state index contributed by atoms with van der Waals surface area (Å²) in [6.45, 7) is 2.57. The smallest absolute Gasteiger partial charge is 0.414 e. The molecule has 0 radical (unpaired) electrons. The van der Waals surface area contributed by atoms with Crippen LogP contribution in [0.4, 0.5) is 10.1 Å². The summed E-state index contributed by atoms with van der Waals surface area (Å²) in [6, 6.07) is 12.6. The lowest BCUT2D eigenvalue weighted by Gasteiger charge is -2.10. The molecule has 0 heterocycles. The molecule has 0 aliphatic carbocycles. The van der Waals surface area contributed by atoms with Crippen molar-refractivity contribution in [3.8, 4) is 5.75 Å². The molecule has 0 aliphatic heterocycles. The number of rotatable bonds is 4. The molecule has 0 spiro atoms. The highest BCUT2D eigenvalue weighted by Gasteiger charge is 2.04. The second kappa shape index (κ2) is 9.14. The minimum Gasteiger partial charge on any atom is -0.497 e. The van der Waals surface area contributed by atoms with Gasteiger partial charge in [-0.2, -0.15) is 0 Å². The third kappa shape index (κ3) is 6.35. The first-order valence-corrected chi connectivity index (χ1v) is 6.92. The molecule has 3 N–H and O–H groups in total. The minimum absolute atomic E-state index is 0.209. The molecule has 0 saturated heterocycles. The molecular weight excluding hydrogens is 317 g/mol. The molecule has 128 valence electrons. The Bertz CT molecular complexity index is 706. The number of halogens is 1. The Morgan fingerprint density at radius 1 is 1.12 bits per heavy atom. The number of methoxy groups -OCH3 is 1. The van der Waals surface area contributed by atoms with Gasteiger partial charge in [0, 0.05) is 12.2 Å². The Hall–Kier alpha value is -3.09. The van der Waals surface area contributed by atoms with Gasteiger partial charge < -0.3 is 20.3 Å². The topological polar surface area (TPSA) is 95.9 Å². The van der Waals surface area contributed by atoms with Crippen LogP contribution in [0.25, 0.3) is 0 Å². The number of hydrogen-bond acceptors (Lipinski definition) is 4. The number of aliphatic carboxylic acids is 2. The maximum Gasteiger partial charge on any atom is 0.414 e.